The standard InChI is InChI=1S/C16H15N7/c1-11-4-3-5-16(20-11)23-13(8-14(17-2)21-23)12-6-7-15-18-10-19-22(15)9-12/h3-10H,1-2H3,(H,17,21). The van der Waals surface area contributed by atoms with Gasteiger partial charge < -0.3 is 5.32 Å². The highest BCUT2D eigenvalue weighted by molar-refractivity contribution is 5.66. The Morgan fingerprint density at radius 1 is 1.13 bits per heavy atom. The van der Waals surface area contributed by atoms with Crippen molar-refractivity contribution < 1.29 is 0 Å². The van der Waals surface area contributed by atoms with Gasteiger partial charge in [0.2, 0.25) is 0 Å². The van der Waals surface area contributed by atoms with Crippen LogP contribution in [-0.2, 0) is 0 Å². The average molecular weight is 305 g/mol. The quantitative estimate of drug-likeness (QED) is 0.629. The minimum Gasteiger partial charge on any atom is -0.372 e. The number of pyridine rings is 2. The molecule has 0 saturated heterocycles. The molecule has 0 spiro atoms. The van der Waals surface area contributed by atoms with Gasteiger partial charge in [-0.3, -0.25) is 0 Å². The van der Waals surface area contributed by atoms with Crippen molar-refractivity contribution in [1.29, 1.82) is 0 Å². The van der Waals surface area contributed by atoms with Gasteiger partial charge in [-0.2, -0.15) is 5.10 Å². The Morgan fingerprint density at radius 2 is 2.04 bits per heavy atom. The highest BCUT2D eigenvalue weighted by atomic mass is 15.3. The van der Waals surface area contributed by atoms with E-state index in [2.05, 4.69) is 25.5 Å². The van der Waals surface area contributed by atoms with Crippen molar-refractivity contribution in [3.05, 3.63) is 54.6 Å². The molecule has 114 valence electrons. The Morgan fingerprint density at radius 3 is 2.87 bits per heavy atom. The number of anilines is 1. The highest BCUT2D eigenvalue weighted by Crippen LogP contribution is 2.25. The zero-order valence-electron chi connectivity index (χ0n) is 12.8. The van der Waals surface area contributed by atoms with Crippen LogP contribution >= 0.6 is 0 Å². The minimum absolute atomic E-state index is 0.778. The summed E-state index contributed by atoms with van der Waals surface area (Å²) in [7, 11) is 1.85. The molecule has 7 heteroatoms. The van der Waals surface area contributed by atoms with E-state index >= 15 is 0 Å². The number of rotatable bonds is 3. The second-order valence-electron chi connectivity index (χ2n) is 5.19. The number of hydrogen-bond acceptors (Lipinski definition) is 5. The van der Waals surface area contributed by atoms with Crippen LogP contribution in [0.3, 0.4) is 0 Å². The summed E-state index contributed by atoms with van der Waals surface area (Å²) < 4.78 is 3.58. The number of aryl methyl sites for hydroxylation is 1. The lowest BCUT2D eigenvalue weighted by atomic mass is 10.2. The van der Waals surface area contributed by atoms with E-state index in [0.29, 0.717) is 0 Å². The fraction of sp³-hybridized carbons (Fsp3) is 0.125. The first-order chi connectivity index (χ1) is 11.2. The molecule has 0 unspecified atom stereocenters. The van der Waals surface area contributed by atoms with E-state index in [-0.39, 0.29) is 0 Å². The molecule has 4 aromatic rings. The third-order valence-electron chi connectivity index (χ3n) is 3.63. The Balaban J connectivity index is 1.91. The van der Waals surface area contributed by atoms with Crippen molar-refractivity contribution in [2.75, 3.05) is 12.4 Å². The van der Waals surface area contributed by atoms with E-state index in [1.54, 1.807) is 4.52 Å². The minimum atomic E-state index is 0.778. The molecule has 0 amide bonds. The summed E-state index contributed by atoms with van der Waals surface area (Å²) in [5.74, 6) is 1.56. The number of aromatic nitrogens is 6. The molecular weight excluding hydrogens is 290 g/mol. The van der Waals surface area contributed by atoms with E-state index in [4.69, 9.17) is 0 Å². The number of fused-ring (bicyclic) bond motifs is 1. The molecule has 23 heavy (non-hydrogen) atoms. The van der Waals surface area contributed by atoms with Crippen LogP contribution in [0.5, 0.6) is 0 Å². The van der Waals surface area contributed by atoms with Crippen LogP contribution < -0.4 is 5.32 Å². The van der Waals surface area contributed by atoms with Gasteiger partial charge >= 0.3 is 0 Å². The molecule has 4 rings (SSSR count). The van der Waals surface area contributed by atoms with Gasteiger partial charge in [-0.1, -0.05) is 6.07 Å². The third-order valence-corrected chi connectivity index (χ3v) is 3.63. The molecular formula is C16H15N7. The molecule has 4 heterocycles. The maximum absolute atomic E-state index is 4.58. The summed E-state index contributed by atoms with van der Waals surface area (Å²) in [6, 6.07) is 11.8. The van der Waals surface area contributed by atoms with Gasteiger partial charge in [-0.25, -0.2) is 19.2 Å². The van der Waals surface area contributed by atoms with Gasteiger partial charge in [0, 0.05) is 30.6 Å². The van der Waals surface area contributed by atoms with Crippen LogP contribution in [0, 0.1) is 6.92 Å². The van der Waals surface area contributed by atoms with Gasteiger partial charge in [0.1, 0.15) is 12.1 Å². The van der Waals surface area contributed by atoms with Crippen molar-refractivity contribution in [3.63, 3.8) is 0 Å². The van der Waals surface area contributed by atoms with Crippen LogP contribution in [0.15, 0.2) is 48.9 Å². The molecule has 0 aliphatic heterocycles. The second-order valence-corrected chi connectivity index (χ2v) is 5.19. The van der Waals surface area contributed by atoms with Crippen molar-refractivity contribution >= 4 is 11.5 Å². The molecule has 0 aliphatic carbocycles. The monoisotopic (exact) mass is 305 g/mol. The van der Waals surface area contributed by atoms with Crippen LogP contribution in [0.2, 0.25) is 0 Å². The van der Waals surface area contributed by atoms with Crippen molar-refractivity contribution in [3.8, 4) is 17.1 Å². The Bertz CT molecular complexity index is 983. The summed E-state index contributed by atoms with van der Waals surface area (Å²) in [6.45, 7) is 1.97. The lowest BCUT2D eigenvalue weighted by molar-refractivity contribution is 0.848. The van der Waals surface area contributed by atoms with Crippen molar-refractivity contribution in [2.24, 2.45) is 0 Å². The van der Waals surface area contributed by atoms with E-state index < -0.39 is 0 Å². The molecule has 0 bridgehead atoms. The van der Waals surface area contributed by atoms with E-state index in [1.165, 1.54) is 6.33 Å². The van der Waals surface area contributed by atoms with Gasteiger partial charge in [0.05, 0.1) is 5.69 Å². The number of nitrogens with one attached hydrogen (secondary N) is 1. The highest BCUT2D eigenvalue weighted by Gasteiger charge is 2.13. The molecule has 7 nitrogen and oxygen atoms in total. The van der Waals surface area contributed by atoms with Crippen molar-refractivity contribution in [1.82, 2.24) is 29.4 Å². The van der Waals surface area contributed by atoms with Crippen molar-refractivity contribution in [2.45, 2.75) is 6.92 Å². The fourth-order valence-corrected chi connectivity index (χ4v) is 2.50. The predicted molar refractivity (Wildman–Crippen MR) is 87.6 cm³/mol. The SMILES string of the molecule is CNc1cc(-c2ccc3ncnn3c2)n(-c2cccc(C)n2)n1. The van der Waals surface area contributed by atoms with Crippen LogP contribution in [0.1, 0.15) is 5.69 Å². The zero-order valence-corrected chi connectivity index (χ0v) is 12.8. The maximum atomic E-state index is 4.58. The first kappa shape index (κ1) is 13.4. The fourth-order valence-electron chi connectivity index (χ4n) is 2.50. The average Bonchev–Trinajstić information content (AvgIpc) is 3.20. The normalized spacial score (nSPS) is 11.0. The largest absolute Gasteiger partial charge is 0.372 e. The zero-order chi connectivity index (χ0) is 15.8. The smallest absolute Gasteiger partial charge is 0.155 e. The predicted octanol–water partition coefficient (Wildman–Crippen LogP) is 2.33. The molecule has 0 fully saturated rings. The summed E-state index contributed by atoms with van der Waals surface area (Å²) in [5.41, 5.74) is 3.68. The van der Waals surface area contributed by atoms with Crippen LogP contribution in [0.4, 0.5) is 5.82 Å². The lowest BCUT2D eigenvalue weighted by Gasteiger charge is -2.07. The second kappa shape index (κ2) is 5.20. The number of hydrogen-bond donors (Lipinski definition) is 1. The number of nitrogens with zero attached hydrogens (tertiary/aromatic N) is 6. The Hall–Kier alpha value is -3.22. The topological polar surface area (TPSA) is 72.9 Å². The lowest BCUT2D eigenvalue weighted by Crippen LogP contribution is -2.03. The van der Waals surface area contributed by atoms with E-state index in [9.17, 15) is 0 Å². The maximum Gasteiger partial charge on any atom is 0.155 e. The molecule has 0 aliphatic rings. The van der Waals surface area contributed by atoms with Gasteiger partial charge in [0.25, 0.3) is 0 Å². The Kier molecular flexibility index (Phi) is 3.04. The molecule has 0 atom stereocenters. The van der Waals surface area contributed by atoms with Gasteiger partial charge in [-0.05, 0) is 31.2 Å². The summed E-state index contributed by atoms with van der Waals surface area (Å²) >= 11 is 0. The van der Waals surface area contributed by atoms with Gasteiger partial charge in [0.15, 0.2) is 11.5 Å². The summed E-state index contributed by atoms with van der Waals surface area (Å²) in [5, 5.41) is 11.9. The summed E-state index contributed by atoms with van der Waals surface area (Å²) in [6.07, 6.45) is 3.47. The third kappa shape index (κ3) is 2.32. The molecule has 0 radical (unpaired) electrons. The first-order valence-corrected chi connectivity index (χ1v) is 7.26. The molecule has 4 aromatic heterocycles. The first-order valence-electron chi connectivity index (χ1n) is 7.26. The molecule has 0 aromatic carbocycles. The van der Waals surface area contributed by atoms with Crippen LogP contribution in [0.25, 0.3) is 22.7 Å². The molecule has 1 N–H and O–H groups in total. The van der Waals surface area contributed by atoms with E-state index in [0.717, 1.165) is 34.2 Å². The van der Waals surface area contributed by atoms with Crippen LogP contribution in [-0.4, -0.2) is 36.4 Å². The van der Waals surface area contributed by atoms with E-state index in [1.807, 2.05) is 61.2 Å². The molecule has 0 saturated carbocycles. The Labute approximate surface area is 132 Å². The van der Waals surface area contributed by atoms with Gasteiger partial charge in [-0.15, -0.1) is 5.10 Å². The summed E-state index contributed by atoms with van der Waals surface area (Å²) in [4.78, 5) is 8.74.